The molecule has 0 spiro atoms. The molecule has 0 fully saturated rings. The fourth-order valence-electron chi connectivity index (χ4n) is 2.15. The van der Waals surface area contributed by atoms with Crippen molar-refractivity contribution in [2.45, 2.75) is 59.0 Å². The normalized spacial score (nSPS) is 14.1. The van der Waals surface area contributed by atoms with Crippen LogP contribution in [0.2, 0.25) is 0 Å². The number of carbonyl (C=O) groups is 1. The molecule has 5 heteroatoms. The molecule has 1 rings (SSSR count). The number of aromatic nitrogens is 2. The summed E-state index contributed by atoms with van der Waals surface area (Å²) < 4.78 is 5.55. The first-order valence-corrected chi connectivity index (χ1v) is 7.07. The summed E-state index contributed by atoms with van der Waals surface area (Å²) >= 11 is 0. The van der Waals surface area contributed by atoms with E-state index < -0.39 is 11.6 Å². The Morgan fingerprint density at radius 1 is 1.20 bits per heavy atom. The molecule has 0 radical (unpaired) electrons. The minimum atomic E-state index is -0.851. The van der Waals surface area contributed by atoms with Crippen LogP contribution in [0.4, 0.5) is 0 Å². The maximum Gasteiger partial charge on any atom is 0.307 e. The summed E-state index contributed by atoms with van der Waals surface area (Å²) in [7, 11) is 1.65. The Labute approximate surface area is 120 Å². The number of aryl methyl sites for hydroxylation is 2. The lowest BCUT2D eigenvalue weighted by Crippen LogP contribution is -2.28. The second-order valence-electron chi connectivity index (χ2n) is 4.99. The van der Waals surface area contributed by atoms with Crippen LogP contribution >= 0.6 is 0 Å². The van der Waals surface area contributed by atoms with E-state index in [1.54, 1.807) is 7.11 Å². The van der Waals surface area contributed by atoms with Gasteiger partial charge in [-0.3, -0.25) is 4.79 Å². The van der Waals surface area contributed by atoms with E-state index in [0.29, 0.717) is 18.7 Å². The van der Waals surface area contributed by atoms with Gasteiger partial charge in [-0.05, 0) is 26.2 Å². The van der Waals surface area contributed by atoms with Crippen molar-refractivity contribution < 1.29 is 14.6 Å². The molecule has 20 heavy (non-hydrogen) atoms. The van der Waals surface area contributed by atoms with Gasteiger partial charge >= 0.3 is 5.97 Å². The van der Waals surface area contributed by atoms with Crippen LogP contribution in [0.15, 0.2) is 0 Å². The van der Waals surface area contributed by atoms with Gasteiger partial charge in [-0.15, -0.1) is 0 Å². The summed E-state index contributed by atoms with van der Waals surface area (Å²) in [5, 5.41) is 9.05. The van der Waals surface area contributed by atoms with Crippen molar-refractivity contribution >= 4 is 5.97 Å². The van der Waals surface area contributed by atoms with Crippen molar-refractivity contribution in [2.24, 2.45) is 0 Å². The molecule has 0 aliphatic carbocycles. The zero-order chi connectivity index (χ0) is 15.3. The van der Waals surface area contributed by atoms with E-state index in [9.17, 15) is 4.79 Å². The first-order valence-electron chi connectivity index (χ1n) is 7.07. The molecule has 0 saturated heterocycles. The molecule has 112 valence electrons. The van der Waals surface area contributed by atoms with Gasteiger partial charge in [0.05, 0.1) is 6.42 Å². The zero-order valence-corrected chi connectivity index (χ0v) is 13.0. The number of hydrogen-bond donors (Lipinski definition) is 1. The number of methoxy groups -OCH3 is 1. The molecule has 1 heterocycles. The minimum Gasteiger partial charge on any atom is -0.481 e. The van der Waals surface area contributed by atoms with Gasteiger partial charge < -0.3 is 9.84 Å². The van der Waals surface area contributed by atoms with Crippen LogP contribution in [-0.2, 0) is 34.4 Å². The fraction of sp³-hybridized carbons (Fsp3) is 0.667. The van der Waals surface area contributed by atoms with E-state index in [1.807, 2.05) is 27.7 Å². The van der Waals surface area contributed by atoms with Gasteiger partial charge in [0.15, 0.2) is 5.82 Å². The molecule has 0 saturated carbocycles. The molecule has 1 aromatic heterocycles. The standard InChI is InChI=1S/C15H24N2O3/c1-6-11-10(9-13(18)19)12(7-2)17-14(16-11)15(4,8-3)20-5/h6-9H2,1-5H3,(H,18,19). The zero-order valence-electron chi connectivity index (χ0n) is 13.0. The third kappa shape index (κ3) is 3.33. The molecule has 0 amide bonds. The highest BCUT2D eigenvalue weighted by Crippen LogP contribution is 2.27. The number of carboxylic acid groups (broad SMARTS) is 1. The van der Waals surface area contributed by atoms with Crippen LogP contribution in [0.3, 0.4) is 0 Å². The quantitative estimate of drug-likeness (QED) is 0.830. The first kappa shape index (κ1) is 16.6. The van der Waals surface area contributed by atoms with Gasteiger partial charge in [-0.25, -0.2) is 9.97 Å². The third-order valence-electron chi connectivity index (χ3n) is 3.77. The van der Waals surface area contributed by atoms with E-state index >= 15 is 0 Å². The second-order valence-corrected chi connectivity index (χ2v) is 4.99. The summed E-state index contributed by atoms with van der Waals surface area (Å²) in [6, 6.07) is 0. The Balaban J connectivity index is 3.42. The van der Waals surface area contributed by atoms with Gasteiger partial charge in [0, 0.05) is 24.1 Å². The maximum atomic E-state index is 11.0. The molecule has 1 unspecified atom stereocenters. The average Bonchev–Trinajstić information content (AvgIpc) is 2.45. The Morgan fingerprint density at radius 2 is 1.70 bits per heavy atom. The Morgan fingerprint density at radius 3 is 2.00 bits per heavy atom. The monoisotopic (exact) mass is 280 g/mol. The Kier molecular flexibility index (Phi) is 5.62. The molecular weight excluding hydrogens is 256 g/mol. The van der Waals surface area contributed by atoms with Crippen LogP contribution in [0.25, 0.3) is 0 Å². The number of hydrogen-bond acceptors (Lipinski definition) is 4. The van der Waals surface area contributed by atoms with Crippen molar-refractivity contribution in [1.82, 2.24) is 9.97 Å². The molecule has 5 nitrogen and oxygen atoms in total. The molecule has 1 atom stereocenters. The number of ether oxygens (including phenoxy) is 1. The van der Waals surface area contributed by atoms with E-state index in [1.165, 1.54) is 0 Å². The third-order valence-corrected chi connectivity index (χ3v) is 3.77. The number of rotatable bonds is 7. The van der Waals surface area contributed by atoms with Crippen LogP contribution < -0.4 is 0 Å². The largest absolute Gasteiger partial charge is 0.481 e. The van der Waals surface area contributed by atoms with Crippen LogP contribution in [0, 0.1) is 0 Å². The van der Waals surface area contributed by atoms with Gasteiger partial charge in [-0.2, -0.15) is 0 Å². The lowest BCUT2D eigenvalue weighted by Gasteiger charge is -2.26. The SMILES string of the molecule is CCc1nc(C(C)(CC)OC)nc(CC)c1CC(=O)O. The van der Waals surface area contributed by atoms with E-state index in [-0.39, 0.29) is 6.42 Å². The number of carboxylic acids is 1. The molecule has 0 aliphatic heterocycles. The van der Waals surface area contributed by atoms with E-state index in [4.69, 9.17) is 9.84 Å². The fourth-order valence-corrected chi connectivity index (χ4v) is 2.15. The number of nitrogens with zero attached hydrogens (tertiary/aromatic N) is 2. The summed E-state index contributed by atoms with van der Waals surface area (Å²) in [6.45, 7) is 7.94. The van der Waals surface area contributed by atoms with E-state index in [2.05, 4.69) is 9.97 Å². The Hall–Kier alpha value is -1.49. The highest BCUT2D eigenvalue weighted by atomic mass is 16.5. The molecule has 0 bridgehead atoms. The smallest absolute Gasteiger partial charge is 0.307 e. The molecule has 0 aromatic carbocycles. The highest BCUT2D eigenvalue weighted by molar-refractivity contribution is 5.71. The Bertz CT molecular complexity index is 457. The lowest BCUT2D eigenvalue weighted by molar-refractivity contribution is -0.136. The molecule has 1 N–H and O–H groups in total. The first-order chi connectivity index (χ1) is 9.41. The van der Waals surface area contributed by atoms with Gasteiger partial charge in [-0.1, -0.05) is 20.8 Å². The van der Waals surface area contributed by atoms with Gasteiger partial charge in [0.2, 0.25) is 0 Å². The van der Waals surface area contributed by atoms with Crippen molar-refractivity contribution in [3.8, 4) is 0 Å². The average molecular weight is 280 g/mol. The number of aliphatic carboxylic acids is 1. The molecule has 1 aromatic rings. The van der Waals surface area contributed by atoms with Gasteiger partial charge in [0.25, 0.3) is 0 Å². The predicted molar refractivity (Wildman–Crippen MR) is 76.8 cm³/mol. The van der Waals surface area contributed by atoms with Crippen molar-refractivity contribution in [1.29, 1.82) is 0 Å². The van der Waals surface area contributed by atoms with Crippen molar-refractivity contribution in [3.63, 3.8) is 0 Å². The lowest BCUT2D eigenvalue weighted by atomic mass is 9.99. The maximum absolute atomic E-state index is 11.0. The highest BCUT2D eigenvalue weighted by Gasteiger charge is 2.29. The summed E-state index contributed by atoms with van der Waals surface area (Å²) in [5.41, 5.74) is 1.84. The van der Waals surface area contributed by atoms with Crippen LogP contribution in [0.1, 0.15) is 56.9 Å². The second kappa shape index (κ2) is 6.79. The van der Waals surface area contributed by atoms with Crippen LogP contribution in [-0.4, -0.2) is 28.2 Å². The van der Waals surface area contributed by atoms with Crippen molar-refractivity contribution in [2.75, 3.05) is 7.11 Å². The van der Waals surface area contributed by atoms with Gasteiger partial charge in [0.1, 0.15) is 5.60 Å². The van der Waals surface area contributed by atoms with Crippen LogP contribution in [0.5, 0.6) is 0 Å². The summed E-state index contributed by atoms with van der Waals surface area (Å²) in [4.78, 5) is 20.2. The summed E-state index contributed by atoms with van der Waals surface area (Å²) in [6.07, 6.45) is 2.11. The molecular formula is C15H24N2O3. The predicted octanol–water partition coefficient (Wildman–Crippen LogP) is 2.50. The summed E-state index contributed by atoms with van der Waals surface area (Å²) in [5.74, 6) is -0.207. The van der Waals surface area contributed by atoms with Crippen molar-refractivity contribution in [3.05, 3.63) is 22.8 Å². The molecule has 0 aliphatic rings. The topological polar surface area (TPSA) is 72.3 Å². The minimum absolute atomic E-state index is 0.0253. The van der Waals surface area contributed by atoms with E-state index in [0.717, 1.165) is 23.4 Å².